The number of anilines is 1. The first-order valence-corrected chi connectivity index (χ1v) is 6.59. The summed E-state index contributed by atoms with van der Waals surface area (Å²) >= 11 is 11.7. The van der Waals surface area contributed by atoms with Gasteiger partial charge in [0.15, 0.2) is 0 Å². The molecule has 7 heteroatoms. The largest absolute Gasteiger partial charge is 0.463 e. The van der Waals surface area contributed by atoms with Gasteiger partial charge < -0.3 is 14.8 Å². The number of carbonyl (C=O) groups is 2. The molecule has 0 aliphatic rings. The van der Waals surface area contributed by atoms with E-state index in [1.54, 1.807) is 6.92 Å². The monoisotopic (exact) mass is 319 g/mol. The number of amides is 1. The summed E-state index contributed by atoms with van der Waals surface area (Å²) in [5.41, 5.74) is -1.38. The molecule has 1 N–H and O–H groups in total. The summed E-state index contributed by atoms with van der Waals surface area (Å²) in [5, 5.41) is 3.25. The van der Waals surface area contributed by atoms with Crippen molar-refractivity contribution >= 4 is 40.8 Å². The highest BCUT2D eigenvalue weighted by Crippen LogP contribution is 2.24. The van der Waals surface area contributed by atoms with Crippen molar-refractivity contribution in [2.24, 2.45) is 0 Å². The van der Waals surface area contributed by atoms with Gasteiger partial charge in [0.2, 0.25) is 5.60 Å². The summed E-state index contributed by atoms with van der Waals surface area (Å²) < 4.78 is 9.82. The number of esters is 1. The molecular formula is C13H15Cl2NO4. The Labute approximate surface area is 127 Å². The fraction of sp³-hybridized carbons (Fsp3) is 0.385. The quantitative estimate of drug-likeness (QED) is 0.669. The molecule has 20 heavy (non-hydrogen) atoms. The minimum Gasteiger partial charge on any atom is -0.463 e. The minimum absolute atomic E-state index is 0.147. The number of rotatable bonds is 5. The van der Waals surface area contributed by atoms with E-state index in [4.69, 9.17) is 32.7 Å². The predicted molar refractivity (Wildman–Crippen MR) is 77.1 cm³/mol. The van der Waals surface area contributed by atoms with E-state index >= 15 is 0 Å². The molecule has 110 valence electrons. The van der Waals surface area contributed by atoms with Crippen LogP contribution in [0.5, 0.6) is 0 Å². The average molecular weight is 320 g/mol. The normalized spacial score (nSPS) is 13.4. The second-order valence-electron chi connectivity index (χ2n) is 4.07. The molecule has 0 saturated carbocycles. The van der Waals surface area contributed by atoms with Crippen LogP contribution in [0.15, 0.2) is 18.2 Å². The van der Waals surface area contributed by atoms with Crippen LogP contribution < -0.4 is 5.32 Å². The molecule has 1 aromatic carbocycles. The Morgan fingerprint density at radius 3 is 2.25 bits per heavy atom. The standard InChI is InChI=1S/C13H15Cl2NO4/c1-4-20-12(18)13(2,19-3)11(17)16-10-6-8(14)5-9(15)7-10/h5-7H,4H2,1-3H3,(H,16,17). The van der Waals surface area contributed by atoms with Crippen molar-refractivity contribution in [3.63, 3.8) is 0 Å². The van der Waals surface area contributed by atoms with Crippen molar-refractivity contribution in [1.82, 2.24) is 0 Å². The molecule has 1 aromatic rings. The molecule has 0 saturated heterocycles. The van der Waals surface area contributed by atoms with Crippen LogP contribution in [0.3, 0.4) is 0 Å². The molecule has 0 aliphatic carbocycles. The fourth-order valence-electron chi connectivity index (χ4n) is 1.41. The third-order valence-electron chi connectivity index (χ3n) is 2.63. The van der Waals surface area contributed by atoms with Gasteiger partial charge in [-0.2, -0.15) is 0 Å². The topological polar surface area (TPSA) is 64.6 Å². The lowest BCUT2D eigenvalue weighted by molar-refractivity contribution is -0.170. The van der Waals surface area contributed by atoms with Crippen LogP contribution in [-0.4, -0.2) is 31.2 Å². The molecule has 0 spiro atoms. The van der Waals surface area contributed by atoms with Gasteiger partial charge in [0, 0.05) is 22.8 Å². The third-order valence-corrected chi connectivity index (χ3v) is 3.06. The Balaban J connectivity index is 2.95. The first kappa shape index (κ1) is 16.8. The zero-order valence-electron chi connectivity index (χ0n) is 11.3. The maximum absolute atomic E-state index is 12.2. The highest BCUT2D eigenvalue weighted by Gasteiger charge is 2.43. The molecule has 0 bridgehead atoms. The Hall–Kier alpha value is -1.30. The van der Waals surface area contributed by atoms with Crippen LogP contribution >= 0.6 is 23.2 Å². The summed E-state index contributed by atoms with van der Waals surface area (Å²) in [7, 11) is 1.25. The molecule has 0 aromatic heterocycles. The van der Waals surface area contributed by atoms with Gasteiger partial charge in [0.1, 0.15) is 0 Å². The van der Waals surface area contributed by atoms with Gasteiger partial charge in [0.05, 0.1) is 6.61 Å². The molecule has 0 fully saturated rings. The SMILES string of the molecule is CCOC(=O)C(C)(OC)C(=O)Nc1cc(Cl)cc(Cl)c1. The first-order chi connectivity index (χ1) is 9.33. The summed E-state index contributed by atoms with van der Waals surface area (Å²) in [6, 6.07) is 4.54. The van der Waals surface area contributed by atoms with Gasteiger partial charge in [0.25, 0.3) is 5.91 Å². The minimum atomic E-state index is -1.75. The number of halogens is 2. The van der Waals surface area contributed by atoms with Gasteiger partial charge in [-0.05, 0) is 32.0 Å². The van der Waals surface area contributed by atoms with Gasteiger partial charge in [-0.1, -0.05) is 23.2 Å². The van der Waals surface area contributed by atoms with E-state index in [9.17, 15) is 9.59 Å². The van der Waals surface area contributed by atoms with E-state index in [0.717, 1.165) is 0 Å². The van der Waals surface area contributed by atoms with Crippen LogP contribution in [0.4, 0.5) is 5.69 Å². The molecule has 1 rings (SSSR count). The predicted octanol–water partition coefficient (Wildman–Crippen LogP) is 2.90. The molecule has 1 unspecified atom stereocenters. The summed E-state index contributed by atoms with van der Waals surface area (Å²) in [6.45, 7) is 3.11. The Morgan fingerprint density at radius 1 is 1.25 bits per heavy atom. The molecule has 0 radical (unpaired) electrons. The van der Waals surface area contributed by atoms with E-state index in [-0.39, 0.29) is 6.61 Å². The van der Waals surface area contributed by atoms with Crippen LogP contribution in [-0.2, 0) is 19.1 Å². The van der Waals surface area contributed by atoms with E-state index in [1.165, 1.54) is 32.2 Å². The van der Waals surface area contributed by atoms with Crippen molar-refractivity contribution in [2.75, 3.05) is 19.0 Å². The number of nitrogens with one attached hydrogen (secondary N) is 1. The van der Waals surface area contributed by atoms with E-state index in [2.05, 4.69) is 5.32 Å². The highest BCUT2D eigenvalue weighted by molar-refractivity contribution is 6.35. The molecule has 5 nitrogen and oxygen atoms in total. The maximum Gasteiger partial charge on any atom is 0.348 e. The summed E-state index contributed by atoms with van der Waals surface area (Å²) in [5.74, 6) is -1.44. The lowest BCUT2D eigenvalue weighted by Gasteiger charge is -2.24. The zero-order valence-corrected chi connectivity index (χ0v) is 12.8. The van der Waals surface area contributed by atoms with Crippen molar-refractivity contribution in [2.45, 2.75) is 19.4 Å². The van der Waals surface area contributed by atoms with Crippen LogP contribution in [0.1, 0.15) is 13.8 Å². The number of methoxy groups -OCH3 is 1. The lowest BCUT2D eigenvalue weighted by atomic mass is 10.1. The molecule has 1 atom stereocenters. The molecule has 0 heterocycles. The van der Waals surface area contributed by atoms with Gasteiger partial charge in [-0.3, -0.25) is 4.79 Å². The molecule has 1 amide bonds. The smallest absolute Gasteiger partial charge is 0.348 e. The third kappa shape index (κ3) is 3.85. The number of hydrogen-bond acceptors (Lipinski definition) is 4. The average Bonchev–Trinajstić information content (AvgIpc) is 2.36. The van der Waals surface area contributed by atoms with Crippen molar-refractivity contribution < 1.29 is 19.1 Å². The number of ether oxygens (including phenoxy) is 2. The molecular weight excluding hydrogens is 305 g/mol. The van der Waals surface area contributed by atoms with Crippen molar-refractivity contribution in [3.8, 4) is 0 Å². The Kier molecular flexibility index (Phi) is 5.80. The second-order valence-corrected chi connectivity index (χ2v) is 4.94. The van der Waals surface area contributed by atoms with Crippen LogP contribution in [0.25, 0.3) is 0 Å². The van der Waals surface area contributed by atoms with E-state index in [1.807, 2.05) is 0 Å². The number of benzene rings is 1. The number of hydrogen-bond donors (Lipinski definition) is 1. The van der Waals surface area contributed by atoms with E-state index in [0.29, 0.717) is 15.7 Å². The van der Waals surface area contributed by atoms with Crippen molar-refractivity contribution in [3.05, 3.63) is 28.2 Å². The summed E-state index contributed by atoms with van der Waals surface area (Å²) in [6.07, 6.45) is 0. The molecule has 0 aliphatic heterocycles. The van der Waals surface area contributed by atoms with Gasteiger partial charge >= 0.3 is 5.97 Å². The summed E-state index contributed by atoms with van der Waals surface area (Å²) in [4.78, 5) is 24.0. The zero-order chi connectivity index (χ0) is 15.3. The highest BCUT2D eigenvalue weighted by atomic mass is 35.5. The lowest BCUT2D eigenvalue weighted by Crippen LogP contribution is -2.49. The van der Waals surface area contributed by atoms with Gasteiger partial charge in [-0.25, -0.2) is 4.79 Å². The first-order valence-electron chi connectivity index (χ1n) is 5.83. The number of carbonyl (C=O) groups excluding carboxylic acids is 2. The Morgan fingerprint density at radius 2 is 1.80 bits per heavy atom. The fourth-order valence-corrected chi connectivity index (χ4v) is 1.94. The van der Waals surface area contributed by atoms with Crippen molar-refractivity contribution in [1.29, 1.82) is 0 Å². The van der Waals surface area contributed by atoms with Gasteiger partial charge in [-0.15, -0.1) is 0 Å². The van der Waals surface area contributed by atoms with Crippen LogP contribution in [0.2, 0.25) is 10.0 Å². The second kappa shape index (κ2) is 6.92. The maximum atomic E-state index is 12.2. The van der Waals surface area contributed by atoms with E-state index < -0.39 is 17.5 Å². The van der Waals surface area contributed by atoms with Crippen LogP contribution in [0, 0.1) is 0 Å². The Bertz CT molecular complexity index is 501.